The van der Waals surface area contributed by atoms with E-state index in [4.69, 9.17) is 9.84 Å². The maximum atomic E-state index is 12.1. The summed E-state index contributed by atoms with van der Waals surface area (Å²) in [6, 6.07) is 11.8. The van der Waals surface area contributed by atoms with E-state index in [2.05, 4.69) is 15.0 Å². The molecule has 0 unspecified atom stereocenters. The Hall–Kier alpha value is -2.65. The molecule has 146 valence electrons. The van der Waals surface area contributed by atoms with Crippen LogP contribution in [0.5, 0.6) is 5.75 Å². The van der Waals surface area contributed by atoms with Crippen molar-refractivity contribution in [2.75, 3.05) is 25.0 Å². The number of nitrogens with zero attached hydrogens (tertiary/aromatic N) is 1. The van der Waals surface area contributed by atoms with Gasteiger partial charge in [0, 0.05) is 25.4 Å². The van der Waals surface area contributed by atoms with Crippen LogP contribution in [0.4, 0.5) is 5.82 Å². The van der Waals surface area contributed by atoms with Crippen LogP contribution in [0, 0.1) is 0 Å². The van der Waals surface area contributed by atoms with Gasteiger partial charge in [-0.05, 0) is 37.1 Å². The third kappa shape index (κ3) is 7.63. The summed E-state index contributed by atoms with van der Waals surface area (Å²) in [5.41, 5.74) is 0. The number of ether oxygens (including phenoxy) is 1. The topological polar surface area (TPSA) is 118 Å². The number of nitrogens with one attached hydrogen (secondary N) is 2. The fourth-order valence-corrected chi connectivity index (χ4v) is 3.27. The lowest BCUT2D eigenvalue weighted by Crippen LogP contribution is -2.26. The number of unbranched alkanes of at least 4 members (excludes halogenated alkanes) is 1. The van der Waals surface area contributed by atoms with Gasteiger partial charge in [0.1, 0.15) is 11.6 Å². The number of hydrogen-bond acceptors (Lipinski definition) is 6. The lowest BCUT2D eigenvalue weighted by molar-refractivity contribution is -0.136. The first-order chi connectivity index (χ1) is 13.0. The van der Waals surface area contributed by atoms with E-state index in [0.717, 1.165) is 25.2 Å². The van der Waals surface area contributed by atoms with Crippen molar-refractivity contribution in [2.45, 2.75) is 24.2 Å². The summed E-state index contributed by atoms with van der Waals surface area (Å²) < 4.78 is 32.1. The van der Waals surface area contributed by atoms with Crippen molar-refractivity contribution in [3.63, 3.8) is 0 Å². The molecule has 1 heterocycles. The van der Waals surface area contributed by atoms with Crippen LogP contribution >= 0.6 is 0 Å². The molecule has 3 N–H and O–H groups in total. The lowest BCUT2D eigenvalue weighted by Gasteiger charge is -2.10. The fraction of sp³-hybridized carbons (Fsp3) is 0.333. The molecule has 0 spiro atoms. The minimum Gasteiger partial charge on any atom is -0.494 e. The first-order valence-electron chi connectivity index (χ1n) is 8.56. The fourth-order valence-electron chi connectivity index (χ4n) is 2.21. The maximum Gasteiger partial charge on any atom is 0.304 e. The highest BCUT2D eigenvalue weighted by molar-refractivity contribution is 7.89. The number of carboxylic acid groups (broad SMARTS) is 1. The van der Waals surface area contributed by atoms with Gasteiger partial charge in [-0.1, -0.05) is 12.1 Å². The van der Waals surface area contributed by atoms with Crippen LogP contribution in [0.25, 0.3) is 0 Å². The molecule has 0 fully saturated rings. The third-order valence-electron chi connectivity index (χ3n) is 3.56. The highest BCUT2D eigenvalue weighted by Crippen LogP contribution is 2.17. The van der Waals surface area contributed by atoms with Crippen LogP contribution in [0.2, 0.25) is 0 Å². The lowest BCUT2D eigenvalue weighted by atomic mass is 10.3. The number of anilines is 1. The molecule has 0 atom stereocenters. The Morgan fingerprint density at radius 2 is 1.96 bits per heavy atom. The van der Waals surface area contributed by atoms with Crippen LogP contribution < -0.4 is 14.8 Å². The SMILES string of the molecule is O=C(O)CCNS(=O)(=O)c1cccc(OCCCCNc2ccccn2)c1. The molecule has 1 aromatic heterocycles. The largest absolute Gasteiger partial charge is 0.494 e. The summed E-state index contributed by atoms with van der Waals surface area (Å²) in [5.74, 6) is 0.216. The van der Waals surface area contributed by atoms with Gasteiger partial charge >= 0.3 is 5.97 Å². The Morgan fingerprint density at radius 3 is 2.70 bits per heavy atom. The van der Waals surface area contributed by atoms with Crippen molar-refractivity contribution in [2.24, 2.45) is 0 Å². The molecule has 2 rings (SSSR count). The predicted molar refractivity (Wildman–Crippen MR) is 101 cm³/mol. The van der Waals surface area contributed by atoms with Gasteiger partial charge in [0.05, 0.1) is 17.9 Å². The number of aromatic nitrogens is 1. The standard InChI is InChI=1S/C18H23N3O5S/c22-18(23)9-12-21-27(24,25)16-7-5-6-15(14-16)26-13-4-3-11-20-17-8-1-2-10-19-17/h1-2,5-8,10,14,21H,3-4,9,11-13H2,(H,19,20)(H,22,23). The minimum atomic E-state index is -3.76. The van der Waals surface area contributed by atoms with E-state index in [1.165, 1.54) is 12.1 Å². The average molecular weight is 393 g/mol. The zero-order valence-electron chi connectivity index (χ0n) is 14.8. The van der Waals surface area contributed by atoms with E-state index in [-0.39, 0.29) is 17.9 Å². The van der Waals surface area contributed by atoms with Crippen molar-refractivity contribution in [1.29, 1.82) is 0 Å². The number of pyridine rings is 1. The second-order valence-electron chi connectivity index (χ2n) is 5.71. The second-order valence-corrected chi connectivity index (χ2v) is 7.48. The maximum absolute atomic E-state index is 12.1. The summed E-state index contributed by atoms with van der Waals surface area (Å²) in [4.78, 5) is 14.7. The van der Waals surface area contributed by atoms with E-state index in [9.17, 15) is 13.2 Å². The average Bonchev–Trinajstić information content (AvgIpc) is 2.65. The molecular weight excluding hydrogens is 370 g/mol. The third-order valence-corrected chi connectivity index (χ3v) is 5.02. The molecule has 0 saturated carbocycles. The van der Waals surface area contributed by atoms with Crippen molar-refractivity contribution in [3.8, 4) is 5.75 Å². The molecule has 0 saturated heterocycles. The van der Waals surface area contributed by atoms with Crippen LogP contribution in [0.3, 0.4) is 0 Å². The first kappa shape index (κ1) is 20.7. The van der Waals surface area contributed by atoms with Gasteiger partial charge in [-0.3, -0.25) is 4.79 Å². The monoisotopic (exact) mass is 393 g/mol. The Bertz CT molecular complexity index is 828. The molecule has 0 bridgehead atoms. The molecule has 0 amide bonds. The molecule has 1 aromatic carbocycles. The number of rotatable bonds is 12. The van der Waals surface area contributed by atoms with E-state index in [1.807, 2.05) is 18.2 Å². The van der Waals surface area contributed by atoms with Crippen molar-refractivity contribution in [3.05, 3.63) is 48.7 Å². The molecule has 0 radical (unpaired) electrons. The van der Waals surface area contributed by atoms with Gasteiger partial charge < -0.3 is 15.2 Å². The number of carbonyl (C=O) groups is 1. The molecule has 0 aliphatic rings. The van der Waals surface area contributed by atoms with E-state index < -0.39 is 16.0 Å². The van der Waals surface area contributed by atoms with Gasteiger partial charge in [-0.2, -0.15) is 0 Å². The highest BCUT2D eigenvalue weighted by atomic mass is 32.2. The van der Waals surface area contributed by atoms with Gasteiger partial charge in [-0.15, -0.1) is 0 Å². The number of sulfonamides is 1. The summed E-state index contributed by atoms with van der Waals surface area (Å²) in [7, 11) is -3.76. The zero-order valence-corrected chi connectivity index (χ0v) is 15.6. The molecule has 2 aromatic rings. The van der Waals surface area contributed by atoms with Gasteiger partial charge in [0.15, 0.2) is 0 Å². The highest BCUT2D eigenvalue weighted by Gasteiger charge is 2.14. The Kier molecular flexibility index (Phi) is 8.02. The quantitative estimate of drug-likeness (QED) is 0.473. The van der Waals surface area contributed by atoms with Crippen LogP contribution in [-0.4, -0.2) is 44.2 Å². The zero-order chi connectivity index (χ0) is 19.5. The summed E-state index contributed by atoms with van der Waals surface area (Å²) >= 11 is 0. The summed E-state index contributed by atoms with van der Waals surface area (Å²) in [5, 5.41) is 11.8. The van der Waals surface area contributed by atoms with E-state index in [1.54, 1.807) is 18.3 Å². The summed E-state index contributed by atoms with van der Waals surface area (Å²) in [6.45, 7) is 1.06. The van der Waals surface area contributed by atoms with Crippen molar-refractivity contribution < 1.29 is 23.1 Å². The van der Waals surface area contributed by atoms with Crippen LogP contribution in [0.1, 0.15) is 19.3 Å². The second kappa shape index (κ2) is 10.5. The predicted octanol–water partition coefficient (Wildman–Crippen LogP) is 2.11. The number of carboxylic acids is 1. The van der Waals surface area contributed by atoms with E-state index in [0.29, 0.717) is 12.4 Å². The Balaban J connectivity index is 1.74. The van der Waals surface area contributed by atoms with E-state index >= 15 is 0 Å². The molecule has 8 nitrogen and oxygen atoms in total. The minimum absolute atomic E-state index is 0.0437. The van der Waals surface area contributed by atoms with Crippen LogP contribution in [-0.2, 0) is 14.8 Å². The Morgan fingerprint density at radius 1 is 1.11 bits per heavy atom. The van der Waals surface area contributed by atoms with Crippen LogP contribution in [0.15, 0.2) is 53.6 Å². The first-order valence-corrected chi connectivity index (χ1v) is 10.0. The van der Waals surface area contributed by atoms with Crippen molar-refractivity contribution >= 4 is 21.8 Å². The number of aliphatic carboxylic acids is 1. The normalized spacial score (nSPS) is 11.1. The van der Waals surface area contributed by atoms with Crippen molar-refractivity contribution in [1.82, 2.24) is 9.71 Å². The van der Waals surface area contributed by atoms with Gasteiger partial charge in [0.25, 0.3) is 0 Å². The molecule has 0 aliphatic carbocycles. The number of benzene rings is 1. The molecular formula is C18H23N3O5S. The molecule has 9 heteroatoms. The molecule has 0 aliphatic heterocycles. The summed E-state index contributed by atoms with van der Waals surface area (Å²) in [6.07, 6.45) is 3.13. The molecule has 27 heavy (non-hydrogen) atoms. The van der Waals surface area contributed by atoms with Gasteiger partial charge in [-0.25, -0.2) is 18.1 Å². The smallest absolute Gasteiger partial charge is 0.304 e. The number of hydrogen-bond donors (Lipinski definition) is 3. The van der Waals surface area contributed by atoms with Gasteiger partial charge in [0.2, 0.25) is 10.0 Å². The Labute approximate surface area is 158 Å².